The number of aliphatic hydroxyl groups is 1. The van der Waals surface area contributed by atoms with Crippen LogP contribution in [-0.2, 0) is 5.75 Å². The Morgan fingerprint density at radius 1 is 1.50 bits per heavy atom. The predicted molar refractivity (Wildman–Crippen MR) is 70.9 cm³/mol. The van der Waals surface area contributed by atoms with Crippen molar-refractivity contribution < 1.29 is 5.11 Å². The Labute approximate surface area is 102 Å². The second kappa shape index (κ2) is 7.52. The van der Waals surface area contributed by atoms with E-state index in [4.69, 9.17) is 5.11 Å². The summed E-state index contributed by atoms with van der Waals surface area (Å²) in [5.74, 6) is 1.89. The number of hydrogen-bond acceptors (Lipinski definition) is 4. The molecule has 1 unspecified atom stereocenters. The lowest BCUT2D eigenvalue weighted by Gasteiger charge is -2.09. The Bertz CT molecular complexity index is 290. The molecular formula is C12H20N2OS. The molecule has 1 aromatic rings. The smallest absolute Gasteiger partial charge is 0.125 e. The topological polar surface area (TPSA) is 45.1 Å². The molecule has 0 bridgehead atoms. The molecule has 1 rings (SSSR count). The molecule has 0 aliphatic rings. The van der Waals surface area contributed by atoms with Crippen LogP contribution in [0.2, 0.25) is 0 Å². The zero-order chi connectivity index (χ0) is 11.8. The first-order valence-electron chi connectivity index (χ1n) is 5.67. The first kappa shape index (κ1) is 13.3. The molecule has 0 aliphatic heterocycles. The van der Waals surface area contributed by atoms with Crippen molar-refractivity contribution in [3.05, 3.63) is 23.9 Å². The van der Waals surface area contributed by atoms with Crippen LogP contribution in [0.5, 0.6) is 0 Å². The highest BCUT2D eigenvalue weighted by atomic mass is 32.2. The zero-order valence-electron chi connectivity index (χ0n) is 9.94. The molecule has 1 aromatic heterocycles. The standard InChI is InChI=1S/C12H20N2OS/c1-3-13-12-5-4-11(8-14-12)9-16-10(2)6-7-15/h4-5,8,10,15H,3,6-7,9H2,1-2H3,(H,13,14). The van der Waals surface area contributed by atoms with Crippen molar-refractivity contribution in [2.45, 2.75) is 31.3 Å². The summed E-state index contributed by atoms with van der Waals surface area (Å²) in [5, 5.41) is 12.5. The van der Waals surface area contributed by atoms with Gasteiger partial charge in [-0.05, 0) is 25.0 Å². The van der Waals surface area contributed by atoms with Gasteiger partial charge in [0.25, 0.3) is 0 Å². The average Bonchev–Trinajstić information content (AvgIpc) is 2.29. The van der Waals surface area contributed by atoms with Crippen LogP contribution in [0.3, 0.4) is 0 Å². The number of rotatable bonds is 7. The van der Waals surface area contributed by atoms with E-state index < -0.39 is 0 Å². The highest BCUT2D eigenvalue weighted by Gasteiger charge is 2.02. The number of aliphatic hydroxyl groups excluding tert-OH is 1. The van der Waals surface area contributed by atoms with E-state index in [1.807, 2.05) is 24.0 Å². The van der Waals surface area contributed by atoms with Gasteiger partial charge in [-0.25, -0.2) is 4.98 Å². The summed E-state index contributed by atoms with van der Waals surface area (Å²) in [5.41, 5.74) is 1.23. The van der Waals surface area contributed by atoms with Gasteiger partial charge in [0, 0.05) is 30.4 Å². The van der Waals surface area contributed by atoms with Crippen molar-refractivity contribution in [1.29, 1.82) is 0 Å². The van der Waals surface area contributed by atoms with Gasteiger partial charge in [-0.15, -0.1) is 0 Å². The number of pyridine rings is 1. The third kappa shape index (κ3) is 4.86. The Balaban J connectivity index is 2.37. The molecule has 3 nitrogen and oxygen atoms in total. The Morgan fingerprint density at radius 3 is 2.88 bits per heavy atom. The summed E-state index contributed by atoms with van der Waals surface area (Å²) < 4.78 is 0. The molecule has 16 heavy (non-hydrogen) atoms. The maximum atomic E-state index is 8.80. The Kier molecular flexibility index (Phi) is 6.26. The van der Waals surface area contributed by atoms with Crippen LogP contribution in [0.1, 0.15) is 25.8 Å². The quantitative estimate of drug-likeness (QED) is 0.768. The molecule has 0 radical (unpaired) electrons. The molecule has 1 atom stereocenters. The molecule has 0 fully saturated rings. The van der Waals surface area contributed by atoms with Gasteiger partial charge in [0.1, 0.15) is 5.82 Å². The lowest BCUT2D eigenvalue weighted by molar-refractivity contribution is 0.289. The molecule has 0 aromatic carbocycles. The second-order valence-electron chi connectivity index (χ2n) is 3.72. The summed E-state index contributed by atoms with van der Waals surface area (Å²) in [4.78, 5) is 4.32. The minimum Gasteiger partial charge on any atom is -0.396 e. The van der Waals surface area contributed by atoms with Crippen LogP contribution in [0.15, 0.2) is 18.3 Å². The molecule has 0 spiro atoms. The van der Waals surface area contributed by atoms with Gasteiger partial charge in [-0.2, -0.15) is 11.8 Å². The van der Waals surface area contributed by atoms with E-state index in [1.165, 1.54) is 5.56 Å². The van der Waals surface area contributed by atoms with Crippen molar-refractivity contribution in [3.8, 4) is 0 Å². The fourth-order valence-electron chi connectivity index (χ4n) is 1.30. The minimum absolute atomic E-state index is 0.270. The van der Waals surface area contributed by atoms with E-state index in [2.05, 4.69) is 30.2 Å². The Morgan fingerprint density at radius 2 is 2.31 bits per heavy atom. The predicted octanol–water partition coefficient (Wildman–Crippen LogP) is 2.52. The molecule has 1 heterocycles. The van der Waals surface area contributed by atoms with Gasteiger partial charge >= 0.3 is 0 Å². The molecule has 0 amide bonds. The van der Waals surface area contributed by atoms with Crippen LogP contribution >= 0.6 is 11.8 Å². The van der Waals surface area contributed by atoms with Crippen molar-refractivity contribution >= 4 is 17.6 Å². The van der Waals surface area contributed by atoms with E-state index in [9.17, 15) is 0 Å². The fraction of sp³-hybridized carbons (Fsp3) is 0.583. The van der Waals surface area contributed by atoms with E-state index in [0.717, 1.165) is 24.5 Å². The highest BCUT2D eigenvalue weighted by Crippen LogP contribution is 2.19. The molecule has 4 heteroatoms. The maximum Gasteiger partial charge on any atom is 0.125 e. The first-order valence-corrected chi connectivity index (χ1v) is 6.72. The van der Waals surface area contributed by atoms with Gasteiger partial charge < -0.3 is 10.4 Å². The third-order valence-corrected chi connectivity index (χ3v) is 3.56. The number of nitrogens with one attached hydrogen (secondary N) is 1. The summed E-state index contributed by atoms with van der Waals surface area (Å²) >= 11 is 1.85. The van der Waals surface area contributed by atoms with Crippen molar-refractivity contribution in [2.24, 2.45) is 0 Å². The normalized spacial score (nSPS) is 12.4. The summed E-state index contributed by atoms with van der Waals surface area (Å²) in [6.45, 7) is 5.36. The van der Waals surface area contributed by atoms with E-state index in [-0.39, 0.29) is 6.61 Å². The van der Waals surface area contributed by atoms with Crippen LogP contribution in [0.25, 0.3) is 0 Å². The Hall–Kier alpha value is -0.740. The van der Waals surface area contributed by atoms with Crippen LogP contribution < -0.4 is 5.32 Å². The van der Waals surface area contributed by atoms with Gasteiger partial charge in [-0.1, -0.05) is 13.0 Å². The monoisotopic (exact) mass is 240 g/mol. The van der Waals surface area contributed by atoms with Gasteiger partial charge in [0.2, 0.25) is 0 Å². The molecular weight excluding hydrogens is 220 g/mol. The highest BCUT2D eigenvalue weighted by molar-refractivity contribution is 7.99. The maximum absolute atomic E-state index is 8.80. The van der Waals surface area contributed by atoms with Crippen LogP contribution in [-0.4, -0.2) is 28.5 Å². The van der Waals surface area contributed by atoms with Crippen LogP contribution in [0, 0.1) is 0 Å². The third-order valence-electron chi connectivity index (χ3n) is 2.25. The minimum atomic E-state index is 0.270. The van der Waals surface area contributed by atoms with Gasteiger partial charge in [0.15, 0.2) is 0 Å². The molecule has 90 valence electrons. The van der Waals surface area contributed by atoms with Crippen molar-refractivity contribution in [3.63, 3.8) is 0 Å². The van der Waals surface area contributed by atoms with E-state index >= 15 is 0 Å². The lowest BCUT2D eigenvalue weighted by Crippen LogP contribution is -2.01. The largest absolute Gasteiger partial charge is 0.396 e. The summed E-state index contributed by atoms with van der Waals surface area (Å²) in [7, 11) is 0. The van der Waals surface area contributed by atoms with E-state index in [1.54, 1.807) is 0 Å². The van der Waals surface area contributed by atoms with Gasteiger partial charge in [-0.3, -0.25) is 0 Å². The SMILES string of the molecule is CCNc1ccc(CSC(C)CCO)cn1. The molecule has 0 saturated heterocycles. The number of nitrogens with zero attached hydrogens (tertiary/aromatic N) is 1. The fourth-order valence-corrected chi connectivity index (χ4v) is 2.22. The summed E-state index contributed by atoms with van der Waals surface area (Å²) in [6, 6.07) is 4.11. The van der Waals surface area contributed by atoms with Crippen molar-refractivity contribution in [2.75, 3.05) is 18.5 Å². The lowest BCUT2D eigenvalue weighted by atomic mass is 10.3. The number of hydrogen-bond donors (Lipinski definition) is 2. The van der Waals surface area contributed by atoms with Crippen molar-refractivity contribution in [1.82, 2.24) is 4.98 Å². The number of aromatic nitrogens is 1. The number of anilines is 1. The van der Waals surface area contributed by atoms with E-state index in [0.29, 0.717) is 5.25 Å². The first-order chi connectivity index (χ1) is 7.76. The molecule has 2 N–H and O–H groups in total. The molecule has 0 aliphatic carbocycles. The summed E-state index contributed by atoms with van der Waals surface area (Å²) in [6.07, 6.45) is 2.77. The van der Waals surface area contributed by atoms with Crippen LogP contribution in [0.4, 0.5) is 5.82 Å². The zero-order valence-corrected chi connectivity index (χ0v) is 10.8. The molecule has 0 saturated carbocycles. The average molecular weight is 240 g/mol. The number of thioether (sulfide) groups is 1. The second-order valence-corrected chi connectivity index (χ2v) is 5.14. The van der Waals surface area contributed by atoms with Gasteiger partial charge in [0.05, 0.1) is 0 Å².